The number of rotatable bonds is 9. The zero-order valence-electron chi connectivity index (χ0n) is 13.0. The Bertz CT molecular complexity index is 568. The van der Waals surface area contributed by atoms with E-state index in [1.54, 1.807) is 0 Å². The molecule has 0 saturated heterocycles. The number of carbonyl (C=O) groups excluding carboxylic acids is 1. The second-order valence-corrected chi connectivity index (χ2v) is 6.41. The minimum atomic E-state index is 0.0434. The van der Waals surface area contributed by atoms with E-state index in [-0.39, 0.29) is 5.91 Å². The van der Waals surface area contributed by atoms with Crippen molar-refractivity contribution in [3.05, 3.63) is 40.9 Å². The fraction of sp³-hybridized carbons (Fsp3) is 0.471. The van der Waals surface area contributed by atoms with Crippen LogP contribution in [-0.2, 0) is 17.6 Å². The summed E-state index contributed by atoms with van der Waals surface area (Å²) < 4.78 is 0. The number of hydrogen-bond acceptors (Lipinski definition) is 4. The van der Waals surface area contributed by atoms with E-state index in [4.69, 9.17) is 0 Å². The van der Waals surface area contributed by atoms with Crippen LogP contribution < -0.4 is 5.32 Å². The predicted molar refractivity (Wildman–Crippen MR) is 91.1 cm³/mol. The number of carbonyl (C=O) groups is 1. The highest BCUT2D eigenvalue weighted by molar-refractivity contribution is 7.15. The summed E-state index contributed by atoms with van der Waals surface area (Å²) >= 11 is 1.47. The fourth-order valence-corrected chi connectivity index (χ4v) is 2.95. The maximum Gasteiger partial charge on any atom is 0.226 e. The average Bonchev–Trinajstić information content (AvgIpc) is 2.98. The molecular weight excluding hydrogens is 294 g/mol. The molecule has 0 radical (unpaired) electrons. The van der Waals surface area contributed by atoms with Gasteiger partial charge in [0.1, 0.15) is 5.01 Å². The van der Waals surface area contributed by atoms with Crippen LogP contribution in [0, 0.1) is 0 Å². The minimum absolute atomic E-state index is 0.0434. The van der Waals surface area contributed by atoms with Gasteiger partial charge in [-0.15, -0.1) is 10.2 Å². The number of hydrogen-bond donors (Lipinski definition) is 1. The second kappa shape index (κ2) is 9.30. The van der Waals surface area contributed by atoms with Gasteiger partial charge in [0.15, 0.2) is 0 Å². The molecule has 1 amide bonds. The normalized spacial score (nSPS) is 10.6. The first-order valence-corrected chi connectivity index (χ1v) is 8.75. The molecule has 4 nitrogen and oxygen atoms in total. The molecule has 0 unspecified atom stereocenters. The number of nitrogens with zero attached hydrogens (tertiary/aromatic N) is 2. The van der Waals surface area contributed by atoms with Crippen molar-refractivity contribution in [3.63, 3.8) is 0 Å². The van der Waals surface area contributed by atoms with E-state index >= 15 is 0 Å². The van der Waals surface area contributed by atoms with Crippen LogP contribution in [0.3, 0.4) is 0 Å². The first-order chi connectivity index (χ1) is 10.8. The van der Waals surface area contributed by atoms with E-state index < -0.39 is 0 Å². The smallest absolute Gasteiger partial charge is 0.226 e. The molecule has 0 bridgehead atoms. The van der Waals surface area contributed by atoms with E-state index in [2.05, 4.69) is 34.6 Å². The number of nitrogens with one attached hydrogen (secondary N) is 1. The lowest BCUT2D eigenvalue weighted by atomic mass is 10.1. The third kappa shape index (κ3) is 5.93. The van der Waals surface area contributed by atoms with Gasteiger partial charge in [0.05, 0.1) is 0 Å². The molecule has 1 aromatic carbocycles. The predicted octanol–water partition coefficient (Wildman–Crippen LogP) is 4.23. The molecule has 0 atom stereocenters. The lowest BCUT2D eigenvalue weighted by molar-refractivity contribution is -0.116. The van der Waals surface area contributed by atoms with Gasteiger partial charge in [-0.2, -0.15) is 0 Å². The van der Waals surface area contributed by atoms with Gasteiger partial charge in [-0.1, -0.05) is 67.9 Å². The van der Waals surface area contributed by atoms with Crippen molar-refractivity contribution in [2.75, 3.05) is 5.32 Å². The molecule has 1 heterocycles. The van der Waals surface area contributed by atoms with E-state index in [0.29, 0.717) is 11.6 Å². The summed E-state index contributed by atoms with van der Waals surface area (Å²) in [5.41, 5.74) is 1.29. The van der Waals surface area contributed by atoms with E-state index in [1.165, 1.54) is 29.7 Å². The fourth-order valence-electron chi connectivity index (χ4n) is 2.20. The van der Waals surface area contributed by atoms with Crippen LogP contribution in [0.4, 0.5) is 5.13 Å². The van der Waals surface area contributed by atoms with Gasteiger partial charge >= 0.3 is 0 Å². The lowest BCUT2D eigenvalue weighted by Crippen LogP contribution is -2.10. The topological polar surface area (TPSA) is 54.9 Å². The summed E-state index contributed by atoms with van der Waals surface area (Å²) in [5.74, 6) is 0.0434. The number of unbranched alkanes of at least 4 members (excludes halogenated alkanes) is 3. The zero-order valence-corrected chi connectivity index (χ0v) is 13.9. The van der Waals surface area contributed by atoms with Crippen molar-refractivity contribution in [2.24, 2.45) is 0 Å². The minimum Gasteiger partial charge on any atom is -0.301 e. The van der Waals surface area contributed by atoms with Crippen molar-refractivity contribution < 1.29 is 4.79 Å². The molecule has 1 aromatic heterocycles. The van der Waals surface area contributed by atoms with Crippen molar-refractivity contribution in [1.82, 2.24) is 10.2 Å². The highest BCUT2D eigenvalue weighted by Crippen LogP contribution is 2.17. The summed E-state index contributed by atoms with van der Waals surface area (Å²) in [6.45, 7) is 2.16. The summed E-state index contributed by atoms with van der Waals surface area (Å²) in [6, 6.07) is 10.3. The molecule has 0 fully saturated rings. The van der Waals surface area contributed by atoms with Gasteiger partial charge < -0.3 is 5.32 Å². The summed E-state index contributed by atoms with van der Waals surface area (Å²) in [5, 5.41) is 12.6. The number of aryl methyl sites for hydroxylation is 2. The van der Waals surface area contributed by atoms with Gasteiger partial charge in [-0.05, 0) is 18.4 Å². The highest BCUT2D eigenvalue weighted by atomic mass is 32.1. The molecule has 5 heteroatoms. The van der Waals surface area contributed by atoms with Crippen LogP contribution in [-0.4, -0.2) is 16.1 Å². The van der Waals surface area contributed by atoms with Gasteiger partial charge in [0, 0.05) is 12.8 Å². The van der Waals surface area contributed by atoms with E-state index in [0.717, 1.165) is 30.7 Å². The third-order valence-corrected chi connectivity index (χ3v) is 4.34. The Labute approximate surface area is 136 Å². The Morgan fingerprint density at radius 3 is 2.68 bits per heavy atom. The van der Waals surface area contributed by atoms with Crippen LogP contribution in [0.25, 0.3) is 0 Å². The molecule has 2 aromatic rings. The molecule has 0 saturated carbocycles. The van der Waals surface area contributed by atoms with Crippen molar-refractivity contribution >= 4 is 22.4 Å². The Morgan fingerprint density at radius 2 is 1.91 bits per heavy atom. The maximum atomic E-state index is 11.8. The molecular formula is C17H23N3OS. The van der Waals surface area contributed by atoms with Gasteiger partial charge in [-0.3, -0.25) is 4.79 Å². The molecule has 0 spiro atoms. The number of benzene rings is 1. The van der Waals surface area contributed by atoms with Crippen LogP contribution in [0.5, 0.6) is 0 Å². The first kappa shape index (κ1) is 16.6. The van der Waals surface area contributed by atoms with Crippen LogP contribution in [0.15, 0.2) is 30.3 Å². The summed E-state index contributed by atoms with van der Waals surface area (Å²) in [4.78, 5) is 11.8. The second-order valence-electron chi connectivity index (χ2n) is 5.35. The molecule has 1 N–H and O–H groups in total. The van der Waals surface area contributed by atoms with Gasteiger partial charge in [0.2, 0.25) is 11.0 Å². The first-order valence-electron chi connectivity index (χ1n) is 7.94. The zero-order chi connectivity index (χ0) is 15.6. The highest BCUT2D eigenvalue weighted by Gasteiger charge is 2.08. The number of anilines is 1. The van der Waals surface area contributed by atoms with Crippen molar-refractivity contribution in [3.8, 4) is 0 Å². The van der Waals surface area contributed by atoms with Crippen molar-refractivity contribution in [2.45, 2.75) is 51.9 Å². The molecule has 0 aliphatic rings. The lowest BCUT2D eigenvalue weighted by Gasteiger charge is -2.00. The Hall–Kier alpha value is -1.75. The number of aromatic nitrogens is 2. The Balaban J connectivity index is 1.73. The standard InChI is InChI=1S/C17H23N3OS/c1-2-3-4-8-11-15(21)18-17-20-19-16(22-17)13-12-14-9-6-5-7-10-14/h5-7,9-10H,2-4,8,11-13H2,1H3,(H,18,20,21). The maximum absolute atomic E-state index is 11.8. The Morgan fingerprint density at radius 1 is 1.09 bits per heavy atom. The van der Waals surface area contributed by atoms with Gasteiger partial charge in [-0.25, -0.2) is 0 Å². The molecule has 118 valence electrons. The molecule has 0 aliphatic carbocycles. The summed E-state index contributed by atoms with van der Waals surface area (Å²) in [7, 11) is 0. The number of amides is 1. The molecule has 2 rings (SSSR count). The largest absolute Gasteiger partial charge is 0.301 e. The van der Waals surface area contributed by atoms with E-state index in [9.17, 15) is 4.79 Å². The van der Waals surface area contributed by atoms with Crippen LogP contribution >= 0.6 is 11.3 Å². The summed E-state index contributed by atoms with van der Waals surface area (Å²) in [6.07, 6.45) is 6.80. The SMILES string of the molecule is CCCCCCC(=O)Nc1nnc(CCc2ccccc2)s1. The van der Waals surface area contributed by atoms with Gasteiger partial charge in [0.25, 0.3) is 0 Å². The van der Waals surface area contributed by atoms with Crippen LogP contribution in [0.2, 0.25) is 0 Å². The average molecular weight is 317 g/mol. The Kier molecular flexibility index (Phi) is 7.03. The molecule has 0 aliphatic heterocycles. The monoisotopic (exact) mass is 317 g/mol. The van der Waals surface area contributed by atoms with Crippen LogP contribution in [0.1, 0.15) is 49.6 Å². The third-order valence-electron chi connectivity index (χ3n) is 3.44. The molecule has 22 heavy (non-hydrogen) atoms. The van der Waals surface area contributed by atoms with Crippen molar-refractivity contribution in [1.29, 1.82) is 0 Å². The quantitative estimate of drug-likeness (QED) is 0.704. The van der Waals surface area contributed by atoms with E-state index in [1.807, 2.05) is 18.2 Å².